The number of aryl methyl sites for hydroxylation is 1. The van der Waals surface area contributed by atoms with E-state index >= 15 is 0 Å². The molecule has 2 N–H and O–H groups in total. The van der Waals surface area contributed by atoms with Gasteiger partial charge < -0.3 is 10.2 Å². The van der Waals surface area contributed by atoms with E-state index in [2.05, 4.69) is 0 Å². The van der Waals surface area contributed by atoms with Crippen LogP contribution in [0.25, 0.3) is 17.4 Å². The average Bonchev–Trinajstić information content (AvgIpc) is 3.15. The van der Waals surface area contributed by atoms with Gasteiger partial charge in [0.15, 0.2) is 0 Å². The summed E-state index contributed by atoms with van der Waals surface area (Å²) in [5, 5.41) is 10.7. The molecule has 0 saturated carbocycles. The van der Waals surface area contributed by atoms with Crippen molar-refractivity contribution in [2.75, 3.05) is 6.54 Å². The normalized spacial score (nSPS) is 15.6. The molecule has 27 heavy (non-hydrogen) atoms. The molecule has 2 heterocycles. The zero-order chi connectivity index (χ0) is 19.7. The van der Waals surface area contributed by atoms with Gasteiger partial charge in [0.25, 0.3) is 16.8 Å². The maximum atomic E-state index is 12.2. The number of thioether (sulfide) groups is 1. The molecule has 0 bridgehead atoms. The molecule has 1 saturated heterocycles. The summed E-state index contributed by atoms with van der Waals surface area (Å²) in [6, 6.07) is 7.81. The van der Waals surface area contributed by atoms with Gasteiger partial charge in [-0.15, -0.1) is 0 Å². The first-order valence-electron chi connectivity index (χ1n) is 7.65. The van der Waals surface area contributed by atoms with Crippen LogP contribution in [0.4, 0.5) is 10.5 Å². The zero-order valence-electron chi connectivity index (χ0n) is 14.0. The minimum absolute atomic E-state index is 0.0700. The first-order valence-corrected chi connectivity index (χ1v) is 8.47. The number of hydrogen-bond acceptors (Lipinski definition) is 7. The number of primary amides is 1. The predicted octanol–water partition coefficient (Wildman–Crippen LogP) is 2.68. The van der Waals surface area contributed by atoms with Crippen LogP contribution in [0.5, 0.6) is 0 Å². The fourth-order valence-corrected chi connectivity index (χ4v) is 3.32. The highest BCUT2D eigenvalue weighted by Gasteiger charge is 2.36. The second-order valence-electron chi connectivity index (χ2n) is 5.71. The van der Waals surface area contributed by atoms with Crippen LogP contribution < -0.4 is 5.73 Å². The number of carbonyl (C=O) groups excluding carboxylic acids is 3. The number of nitrogens with zero attached hydrogens (tertiary/aromatic N) is 2. The van der Waals surface area contributed by atoms with Crippen LogP contribution in [0.15, 0.2) is 39.7 Å². The molecular formula is C17H13N3O6S. The highest BCUT2D eigenvalue weighted by molar-refractivity contribution is 8.18. The molecule has 0 aliphatic carbocycles. The van der Waals surface area contributed by atoms with Gasteiger partial charge in [-0.3, -0.25) is 29.4 Å². The largest absolute Gasteiger partial charge is 0.456 e. The van der Waals surface area contributed by atoms with Crippen molar-refractivity contribution in [2.24, 2.45) is 5.73 Å². The first kappa shape index (κ1) is 18.4. The maximum Gasteiger partial charge on any atom is 0.294 e. The molecule has 0 unspecified atom stereocenters. The van der Waals surface area contributed by atoms with Crippen molar-refractivity contribution in [1.29, 1.82) is 0 Å². The van der Waals surface area contributed by atoms with Gasteiger partial charge in [0.2, 0.25) is 5.91 Å². The number of benzene rings is 1. The zero-order valence-corrected chi connectivity index (χ0v) is 14.8. The molecule has 1 fully saturated rings. The molecule has 0 spiro atoms. The Balaban J connectivity index is 1.91. The number of nitro benzene ring substituents is 1. The van der Waals surface area contributed by atoms with Gasteiger partial charge in [-0.1, -0.05) is 6.07 Å². The van der Waals surface area contributed by atoms with Gasteiger partial charge in [0.05, 0.1) is 15.4 Å². The van der Waals surface area contributed by atoms with E-state index in [1.54, 1.807) is 19.1 Å². The quantitative estimate of drug-likeness (QED) is 0.473. The minimum Gasteiger partial charge on any atom is -0.456 e. The van der Waals surface area contributed by atoms with Crippen molar-refractivity contribution >= 4 is 40.6 Å². The van der Waals surface area contributed by atoms with Crippen molar-refractivity contribution in [3.8, 4) is 11.3 Å². The summed E-state index contributed by atoms with van der Waals surface area (Å²) in [4.78, 5) is 46.5. The number of imide groups is 1. The van der Waals surface area contributed by atoms with E-state index in [0.29, 0.717) is 17.3 Å². The molecule has 3 rings (SSSR count). The molecule has 1 aliphatic heterocycles. The molecule has 0 atom stereocenters. The van der Waals surface area contributed by atoms with E-state index in [9.17, 15) is 24.5 Å². The van der Waals surface area contributed by atoms with Crippen molar-refractivity contribution in [3.05, 3.63) is 56.7 Å². The van der Waals surface area contributed by atoms with E-state index in [-0.39, 0.29) is 22.1 Å². The molecule has 3 amide bonds. The van der Waals surface area contributed by atoms with Crippen LogP contribution in [0.3, 0.4) is 0 Å². The lowest BCUT2D eigenvalue weighted by atomic mass is 10.1. The Morgan fingerprint density at radius 1 is 1.33 bits per heavy atom. The highest BCUT2D eigenvalue weighted by atomic mass is 32.2. The summed E-state index contributed by atoms with van der Waals surface area (Å²) in [7, 11) is 0. The molecule has 2 aromatic rings. The molecule has 1 aromatic carbocycles. The Morgan fingerprint density at radius 2 is 2.07 bits per heavy atom. The van der Waals surface area contributed by atoms with Gasteiger partial charge in [-0.25, -0.2) is 0 Å². The molecule has 1 aliphatic rings. The van der Waals surface area contributed by atoms with Crippen LogP contribution in [0, 0.1) is 17.0 Å². The number of amides is 3. The third-order valence-electron chi connectivity index (χ3n) is 3.70. The van der Waals surface area contributed by atoms with Crippen LogP contribution in [0.2, 0.25) is 0 Å². The summed E-state index contributed by atoms with van der Waals surface area (Å²) >= 11 is 0.656. The van der Waals surface area contributed by atoms with Gasteiger partial charge in [0, 0.05) is 12.1 Å². The van der Waals surface area contributed by atoms with Gasteiger partial charge in [-0.2, -0.15) is 0 Å². The standard InChI is InChI=1S/C17H13N3O6S/c1-9-2-4-11(12(6-9)20(24)25)13-5-3-10(26-13)7-14-16(22)19(8-15(18)21)17(23)27-14/h2-7H,8H2,1H3,(H2,18,21)/b14-7-. The van der Waals surface area contributed by atoms with Crippen molar-refractivity contribution < 1.29 is 23.7 Å². The third kappa shape index (κ3) is 3.75. The fraction of sp³-hybridized carbons (Fsp3) is 0.118. The number of furan rings is 1. The van der Waals surface area contributed by atoms with Crippen molar-refractivity contribution in [2.45, 2.75) is 6.92 Å². The highest BCUT2D eigenvalue weighted by Crippen LogP contribution is 2.35. The Morgan fingerprint density at radius 3 is 2.74 bits per heavy atom. The topological polar surface area (TPSA) is 137 Å². The monoisotopic (exact) mass is 387 g/mol. The second kappa shape index (κ2) is 7.08. The Hall–Kier alpha value is -3.40. The lowest BCUT2D eigenvalue weighted by Gasteiger charge is -2.08. The Kier molecular flexibility index (Phi) is 4.82. The SMILES string of the molecule is Cc1ccc(-c2ccc(/C=C3\SC(=O)N(CC(N)=O)C3=O)o2)c([N+](=O)[O-])c1. The smallest absolute Gasteiger partial charge is 0.294 e. The minimum atomic E-state index is -0.800. The maximum absolute atomic E-state index is 12.2. The van der Waals surface area contributed by atoms with Crippen LogP contribution in [0.1, 0.15) is 11.3 Å². The van der Waals surface area contributed by atoms with Crippen LogP contribution in [-0.2, 0) is 9.59 Å². The number of nitrogens with two attached hydrogens (primary N) is 1. The molecule has 138 valence electrons. The number of rotatable bonds is 5. The van der Waals surface area contributed by atoms with Crippen molar-refractivity contribution in [3.63, 3.8) is 0 Å². The fourth-order valence-electron chi connectivity index (χ4n) is 2.50. The summed E-state index contributed by atoms with van der Waals surface area (Å²) in [6.45, 7) is 1.24. The second-order valence-corrected chi connectivity index (χ2v) is 6.71. The van der Waals surface area contributed by atoms with Gasteiger partial charge in [0.1, 0.15) is 18.1 Å². The first-order chi connectivity index (χ1) is 12.8. The lowest BCUT2D eigenvalue weighted by molar-refractivity contribution is -0.384. The number of nitro groups is 1. The average molecular weight is 387 g/mol. The van der Waals surface area contributed by atoms with Crippen molar-refractivity contribution in [1.82, 2.24) is 4.90 Å². The summed E-state index contributed by atoms with van der Waals surface area (Å²) < 4.78 is 5.59. The summed E-state index contributed by atoms with van der Waals surface area (Å²) in [6.07, 6.45) is 1.34. The van der Waals surface area contributed by atoms with E-state index < -0.39 is 28.5 Å². The molecule has 1 aromatic heterocycles. The Bertz CT molecular complexity index is 1010. The molecule has 9 nitrogen and oxygen atoms in total. The summed E-state index contributed by atoms with van der Waals surface area (Å²) in [5.74, 6) is -0.956. The van der Waals surface area contributed by atoms with E-state index in [4.69, 9.17) is 10.2 Å². The molecule has 0 radical (unpaired) electrons. The van der Waals surface area contributed by atoms with Gasteiger partial charge in [-0.05, 0) is 42.4 Å². The molecule has 10 heteroatoms. The van der Waals surface area contributed by atoms with E-state index in [0.717, 1.165) is 10.5 Å². The van der Waals surface area contributed by atoms with Crippen LogP contribution >= 0.6 is 11.8 Å². The molecular weight excluding hydrogens is 374 g/mol. The number of carbonyl (C=O) groups is 3. The van der Waals surface area contributed by atoms with E-state index in [1.807, 2.05) is 0 Å². The predicted molar refractivity (Wildman–Crippen MR) is 97.4 cm³/mol. The third-order valence-corrected chi connectivity index (χ3v) is 4.61. The number of hydrogen-bond donors (Lipinski definition) is 1. The van der Waals surface area contributed by atoms with Gasteiger partial charge >= 0.3 is 0 Å². The Labute approximate surface area is 157 Å². The lowest BCUT2D eigenvalue weighted by Crippen LogP contribution is -2.36. The van der Waals surface area contributed by atoms with E-state index in [1.165, 1.54) is 24.3 Å². The van der Waals surface area contributed by atoms with Crippen LogP contribution in [-0.4, -0.2) is 33.4 Å². The summed E-state index contributed by atoms with van der Waals surface area (Å²) in [5.41, 5.74) is 5.96.